The molecule has 4 nitrogen and oxygen atoms in total. The largest absolute Gasteiger partial charge is 0.478 e. The number of carboxylic acid groups (broad SMARTS) is 1. The number of rotatable bonds is 3. The third-order valence-corrected chi connectivity index (χ3v) is 4.15. The lowest BCUT2D eigenvalue weighted by Gasteiger charge is -2.35. The summed E-state index contributed by atoms with van der Waals surface area (Å²) in [6.45, 7) is 4.33. The van der Waals surface area contributed by atoms with Crippen LogP contribution < -0.4 is 5.32 Å². The monoisotopic (exact) mass is 266 g/mol. The fraction of sp³-hybridized carbons (Fsp3) is 0.571. The van der Waals surface area contributed by atoms with E-state index in [-0.39, 0.29) is 17.4 Å². The molecule has 104 valence electrons. The van der Waals surface area contributed by atoms with E-state index in [1.165, 1.54) is 18.7 Å². The number of hydrogen-bond donors (Lipinski definition) is 2. The summed E-state index contributed by atoms with van der Waals surface area (Å²) in [7, 11) is 0. The van der Waals surface area contributed by atoms with Crippen molar-refractivity contribution in [2.45, 2.75) is 39.2 Å². The summed E-state index contributed by atoms with van der Waals surface area (Å²) in [6.07, 6.45) is 4.57. The Morgan fingerprint density at radius 1 is 1.47 bits per heavy atom. The van der Waals surface area contributed by atoms with Gasteiger partial charge in [-0.1, -0.05) is 26.7 Å². The van der Waals surface area contributed by atoms with Crippen LogP contribution >= 0.6 is 0 Å². The van der Waals surface area contributed by atoms with Crippen LogP contribution in [0.1, 0.15) is 43.5 Å². The molecule has 1 heterocycles. The molecule has 1 fully saturated rings. The molecule has 3 atom stereocenters. The predicted molar refractivity (Wildman–Crippen MR) is 70.7 cm³/mol. The lowest BCUT2D eigenvalue weighted by Crippen LogP contribution is -2.35. The first kappa shape index (κ1) is 13.8. The molecule has 19 heavy (non-hydrogen) atoms. The van der Waals surface area contributed by atoms with Crippen LogP contribution in [0.2, 0.25) is 0 Å². The molecule has 1 aliphatic carbocycles. The van der Waals surface area contributed by atoms with Gasteiger partial charge in [-0.2, -0.15) is 0 Å². The smallest absolute Gasteiger partial charge is 0.338 e. The predicted octanol–water partition coefficient (Wildman–Crippen LogP) is 3.16. The van der Waals surface area contributed by atoms with E-state index in [0.717, 1.165) is 12.8 Å². The van der Waals surface area contributed by atoms with Crippen molar-refractivity contribution in [2.75, 3.05) is 5.32 Å². The molecule has 3 unspecified atom stereocenters. The van der Waals surface area contributed by atoms with Crippen LogP contribution in [0.3, 0.4) is 0 Å². The normalized spacial score (nSPS) is 27.0. The second-order valence-electron chi connectivity index (χ2n) is 5.34. The van der Waals surface area contributed by atoms with Gasteiger partial charge in [0.05, 0.1) is 0 Å². The maximum Gasteiger partial charge on any atom is 0.338 e. The van der Waals surface area contributed by atoms with E-state index in [0.29, 0.717) is 11.8 Å². The molecule has 0 radical (unpaired) electrons. The van der Waals surface area contributed by atoms with Gasteiger partial charge in [-0.05, 0) is 24.3 Å². The van der Waals surface area contributed by atoms with Crippen LogP contribution in [0.15, 0.2) is 12.3 Å². The first-order chi connectivity index (χ1) is 9.00. The van der Waals surface area contributed by atoms with E-state index < -0.39 is 11.8 Å². The average molecular weight is 266 g/mol. The number of aromatic carboxylic acids is 1. The number of nitrogens with one attached hydrogen (secondary N) is 1. The van der Waals surface area contributed by atoms with E-state index in [1.54, 1.807) is 0 Å². The van der Waals surface area contributed by atoms with Gasteiger partial charge in [-0.15, -0.1) is 0 Å². The van der Waals surface area contributed by atoms with Crippen molar-refractivity contribution in [2.24, 2.45) is 11.8 Å². The highest BCUT2D eigenvalue weighted by Crippen LogP contribution is 2.31. The van der Waals surface area contributed by atoms with Crippen molar-refractivity contribution in [3.8, 4) is 0 Å². The van der Waals surface area contributed by atoms with Gasteiger partial charge in [0.2, 0.25) is 0 Å². The Labute approximate surface area is 112 Å². The molecule has 2 N–H and O–H groups in total. The zero-order valence-corrected chi connectivity index (χ0v) is 11.2. The Kier molecular flexibility index (Phi) is 4.02. The summed E-state index contributed by atoms with van der Waals surface area (Å²) >= 11 is 0. The highest BCUT2D eigenvalue weighted by atomic mass is 19.1. The van der Waals surface area contributed by atoms with Crippen molar-refractivity contribution in [3.63, 3.8) is 0 Å². The number of carboxylic acids is 1. The van der Waals surface area contributed by atoms with Gasteiger partial charge in [-0.3, -0.25) is 0 Å². The second-order valence-corrected chi connectivity index (χ2v) is 5.34. The van der Waals surface area contributed by atoms with Gasteiger partial charge in [0, 0.05) is 12.2 Å². The van der Waals surface area contributed by atoms with Crippen LogP contribution in [0.4, 0.5) is 10.2 Å². The standard InChI is InChI=1S/C14H19FN2O2/c1-8-4-3-5-11(9(8)2)17-13-12(15)10(14(18)19)6-7-16-13/h6-9,11H,3-5H2,1-2H3,(H,16,17)(H,18,19). The van der Waals surface area contributed by atoms with Gasteiger partial charge < -0.3 is 10.4 Å². The van der Waals surface area contributed by atoms with E-state index in [1.807, 2.05) is 0 Å². The van der Waals surface area contributed by atoms with Gasteiger partial charge in [0.25, 0.3) is 0 Å². The number of aromatic nitrogens is 1. The topological polar surface area (TPSA) is 62.2 Å². The molecular formula is C14H19FN2O2. The molecule has 0 saturated heterocycles. The Morgan fingerprint density at radius 2 is 2.21 bits per heavy atom. The van der Waals surface area contributed by atoms with Crippen LogP contribution in [0, 0.1) is 17.7 Å². The Bertz CT molecular complexity index is 479. The Balaban J connectivity index is 2.19. The molecule has 1 aliphatic rings. The average Bonchev–Trinajstić information content (AvgIpc) is 2.37. The van der Waals surface area contributed by atoms with Crippen molar-refractivity contribution in [1.82, 2.24) is 4.98 Å². The fourth-order valence-corrected chi connectivity index (χ4v) is 2.67. The molecule has 0 aromatic carbocycles. The van der Waals surface area contributed by atoms with Crippen molar-refractivity contribution in [1.29, 1.82) is 0 Å². The summed E-state index contributed by atoms with van der Waals surface area (Å²) in [5.74, 6) is -1.00. The molecule has 2 rings (SSSR count). The van der Waals surface area contributed by atoms with E-state index >= 15 is 0 Å². The van der Waals surface area contributed by atoms with E-state index in [9.17, 15) is 9.18 Å². The summed E-state index contributed by atoms with van der Waals surface area (Å²) in [4.78, 5) is 14.8. The summed E-state index contributed by atoms with van der Waals surface area (Å²) in [5.41, 5.74) is -0.339. The van der Waals surface area contributed by atoms with Crippen molar-refractivity contribution in [3.05, 3.63) is 23.6 Å². The third-order valence-electron chi connectivity index (χ3n) is 4.15. The minimum absolute atomic E-state index is 0.0471. The van der Waals surface area contributed by atoms with Crippen LogP contribution in [-0.4, -0.2) is 22.1 Å². The minimum atomic E-state index is -1.27. The zero-order valence-electron chi connectivity index (χ0n) is 11.2. The summed E-state index contributed by atoms with van der Waals surface area (Å²) < 4.78 is 14.0. The van der Waals surface area contributed by atoms with Crippen molar-refractivity contribution < 1.29 is 14.3 Å². The van der Waals surface area contributed by atoms with Gasteiger partial charge in [0.15, 0.2) is 11.6 Å². The minimum Gasteiger partial charge on any atom is -0.478 e. The highest BCUT2D eigenvalue weighted by Gasteiger charge is 2.28. The molecule has 1 aromatic rings. The quantitative estimate of drug-likeness (QED) is 0.882. The van der Waals surface area contributed by atoms with E-state index in [2.05, 4.69) is 24.1 Å². The number of halogens is 1. The Morgan fingerprint density at radius 3 is 2.89 bits per heavy atom. The molecule has 1 aromatic heterocycles. The molecular weight excluding hydrogens is 247 g/mol. The Hall–Kier alpha value is -1.65. The molecule has 0 amide bonds. The SMILES string of the molecule is CC1CCCC(Nc2nccc(C(=O)O)c2F)C1C. The highest BCUT2D eigenvalue weighted by molar-refractivity contribution is 5.88. The third kappa shape index (κ3) is 2.85. The number of anilines is 1. The van der Waals surface area contributed by atoms with Crippen LogP contribution in [0.25, 0.3) is 0 Å². The first-order valence-corrected chi connectivity index (χ1v) is 6.65. The van der Waals surface area contributed by atoms with Gasteiger partial charge >= 0.3 is 5.97 Å². The van der Waals surface area contributed by atoms with E-state index in [4.69, 9.17) is 5.11 Å². The number of nitrogens with zero attached hydrogens (tertiary/aromatic N) is 1. The molecule has 0 bridgehead atoms. The summed E-state index contributed by atoms with van der Waals surface area (Å²) in [6, 6.07) is 1.32. The number of pyridine rings is 1. The second kappa shape index (κ2) is 5.55. The maximum atomic E-state index is 14.0. The number of carbonyl (C=O) groups is 1. The summed E-state index contributed by atoms with van der Waals surface area (Å²) in [5, 5.41) is 12.0. The molecule has 0 aliphatic heterocycles. The zero-order chi connectivity index (χ0) is 14.0. The number of hydrogen-bond acceptors (Lipinski definition) is 3. The maximum absolute atomic E-state index is 14.0. The molecule has 5 heteroatoms. The lowest BCUT2D eigenvalue weighted by atomic mass is 9.78. The first-order valence-electron chi connectivity index (χ1n) is 6.65. The molecule has 0 spiro atoms. The van der Waals surface area contributed by atoms with Gasteiger partial charge in [0.1, 0.15) is 5.56 Å². The fourth-order valence-electron chi connectivity index (χ4n) is 2.67. The lowest BCUT2D eigenvalue weighted by molar-refractivity contribution is 0.0692. The molecule has 1 saturated carbocycles. The van der Waals surface area contributed by atoms with Crippen molar-refractivity contribution >= 4 is 11.8 Å². The van der Waals surface area contributed by atoms with Crippen LogP contribution in [0.5, 0.6) is 0 Å². The van der Waals surface area contributed by atoms with Crippen LogP contribution in [-0.2, 0) is 0 Å². The van der Waals surface area contributed by atoms with Gasteiger partial charge in [-0.25, -0.2) is 14.2 Å².